The van der Waals surface area contributed by atoms with Gasteiger partial charge in [-0.2, -0.15) is 0 Å². The number of halogens is 1. The Hall–Kier alpha value is -1.13. The molecular formula is C15H16BrNOS. The zero-order chi connectivity index (χ0) is 14.2. The maximum Gasteiger partial charge on any atom is 0.204 e. The first kappa shape index (κ1) is 14.3. The molecule has 0 saturated heterocycles. The smallest absolute Gasteiger partial charge is 0.204 e. The quantitative estimate of drug-likeness (QED) is 0.641. The van der Waals surface area contributed by atoms with Gasteiger partial charge in [-0.15, -0.1) is 11.3 Å². The van der Waals surface area contributed by atoms with Gasteiger partial charge >= 0.3 is 0 Å². The van der Waals surface area contributed by atoms with Gasteiger partial charge in [0.2, 0.25) is 5.78 Å². The highest BCUT2D eigenvalue weighted by atomic mass is 79.9. The molecular weight excluding hydrogens is 322 g/mol. The fourth-order valence-electron chi connectivity index (χ4n) is 1.71. The lowest BCUT2D eigenvalue weighted by molar-refractivity contribution is 0.104. The molecule has 0 aliphatic heterocycles. The highest BCUT2D eigenvalue weighted by Gasteiger charge is 2.20. The van der Waals surface area contributed by atoms with Crippen molar-refractivity contribution >= 4 is 38.7 Å². The maximum absolute atomic E-state index is 12.5. The van der Waals surface area contributed by atoms with Gasteiger partial charge in [-0.25, -0.2) is 0 Å². The third-order valence-corrected chi connectivity index (χ3v) is 5.01. The van der Waals surface area contributed by atoms with Crippen LogP contribution in [0.3, 0.4) is 0 Å². The lowest BCUT2D eigenvalue weighted by atomic mass is 9.95. The van der Waals surface area contributed by atoms with Crippen LogP contribution in [-0.4, -0.2) is 5.78 Å². The van der Waals surface area contributed by atoms with Crippen molar-refractivity contribution in [1.29, 1.82) is 0 Å². The van der Waals surface area contributed by atoms with Gasteiger partial charge < -0.3 is 5.73 Å². The summed E-state index contributed by atoms with van der Waals surface area (Å²) in [5, 5.41) is 0. The largest absolute Gasteiger partial charge is 0.399 e. The molecule has 2 rings (SSSR count). The van der Waals surface area contributed by atoms with Crippen LogP contribution in [0.4, 0.5) is 5.69 Å². The van der Waals surface area contributed by atoms with Crippen LogP contribution in [0.5, 0.6) is 0 Å². The lowest BCUT2D eigenvalue weighted by Gasteiger charge is -2.15. The van der Waals surface area contributed by atoms with E-state index in [1.54, 1.807) is 29.5 Å². The van der Waals surface area contributed by atoms with Gasteiger partial charge in [-0.1, -0.05) is 36.7 Å². The van der Waals surface area contributed by atoms with Crippen molar-refractivity contribution in [3.63, 3.8) is 0 Å². The molecule has 0 aliphatic carbocycles. The van der Waals surface area contributed by atoms with Crippen molar-refractivity contribution in [3.05, 3.63) is 50.1 Å². The Morgan fingerprint density at radius 1 is 1.21 bits per heavy atom. The number of hydrogen-bond donors (Lipinski definition) is 1. The number of rotatable bonds is 2. The molecule has 19 heavy (non-hydrogen) atoms. The van der Waals surface area contributed by atoms with Crippen molar-refractivity contribution < 1.29 is 4.79 Å². The van der Waals surface area contributed by atoms with Crippen LogP contribution in [0.25, 0.3) is 0 Å². The van der Waals surface area contributed by atoms with E-state index in [9.17, 15) is 4.79 Å². The van der Waals surface area contributed by atoms with Crippen molar-refractivity contribution in [3.8, 4) is 0 Å². The van der Waals surface area contributed by atoms with Gasteiger partial charge in [0.15, 0.2) is 0 Å². The van der Waals surface area contributed by atoms with E-state index in [0.717, 1.165) is 9.35 Å². The van der Waals surface area contributed by atoms with Crippen LogP contribution in [0.1, 0.15) is 40.9 Å². The fourth-order valence-corrected chi connectivity index (χ4v) is 3.16. The lowest BCUT2D eigenvalue weighted by Crippen LogP contribution is -2.08. The molecule has 0 saturated carbocycles. The molecule has 0 aliphatic rings. The zero-order valence-electron chi connectivity index (χ0n) is 11.2. The van der Waals surface area contributed by atoms with E-state index in [1.165, 1.54) is 4.88 Å². The van der Waals surface area contributed by atoms with Gasteiger partial charge in [-0.3, -0.25) is 4.79 Å². The van der Waals surface area contributed by atoms with Gasteiger partial charge in [-0.05, 0) is 35.7 Å². The number of carbonyl (C=O) groups excluding carboxylic acids is 1. The third-order valence-electron chi connectivity index (χ3n) is 2.80. The molecule has 0 spiro atoms. The fraction of sp³-hybridized carbons (Fsp3) is 0.267. The summed E-state index contributed by atoms with van der Waals surface area (Å²) in [6, 6.07) is 9.21. The van der Waals surface area contributed by atoms with Crippen LogP contribution in [0, 0.1) is 0 Å². The molecule has 2 aromatic rings. The summed E-state index contributed by atoms with van der Waals surface area (Å²) in [4.78, 5) is 14.4. The van der Waals surface area contributed by atoms with Crippen molar-refractivity contribution in [1.82, 2.24) is 0 Å². The summed E-state index contributed by atoms with van der Waals surface area (Å²) in [6.07, 6.45) is 0. The maximum atomic E-state index is 12.5. The van der Waals surface area contributed by atoms with Crippen molar-refractivity contribution in [2.45, 2.75) is 26.2 Å². The SMILES string of the molecule is CC(C)(C)c1ccc(C(=O)c2cc(N)ccc2Br)s1. The molecule has 0 amide bonds. The summed E-state index contributed by atoms with van der Waals surface area (Å²) in [5.74, 6) is 0.0136. The molecule has 0 bridgehead atoms. The molecule has 0 atom stereocenters. The number of benzene rings is 1. The van der Waals surface area contributed by atoms with Crippen molar-refractivity contribution in [2.75, 3.05) is 5.73 Å². The van der Waals surface area contributed by atoms with Crippen LogP contribution < -0.4 is 5.73 Å². The second-order valence-corrected chi connectivity index (χ2v) is 7.42. The predicted molar refractivity (Wildman–Crippen MR) is 85.0 cm³/mol. The molecule has 2 N–H and O–H groups in total. The Kier molecular flexibility index (Phi) is 3.83. The normalized spacial score (nSPS) is 11.6. The second kappa shape index (κ2) is 5.10. The Balaban J connectivity index is 2.39. The molecule has 0 unspecified atom stereocenters. The first-order chi connectivity index (χ1) is 8.79. The molecule has 1 aromatic carbocycles. The number of thiophene rings is 1. The Morgan fingerprint density at radius 2 is 1.89 bits per heavy atom. The Morgan fingerprint density at radius 3 is 2.47 bits per heavy atom. The first-order valence-corrected chi connectivity index (χ1v) is 7.60. The summed E-state index contributed by atoms with van der Waals surface area (Å²) in [7, 11) is 0. The van der Waals surface area contributed by atoms with Gasteiger partial charge in [0, 0.05) is 20.6 Å². The van der Waals surface area contributed by atoms with Crippen molar-refractivity contribution in [2.24, 2.45) is 0 Å². The van der Waals surface area contributed by atoms with E-state index in [4.69, 9.17) is 5.73 Å². The van der Waals surface area contributed by atoms with Crippen LogP contribution in [-0.2, 0) is 5.41 Å². The molecule has 1 aromatic heterocycles. The van der Waals surface area contributed by atoms with E-state index < -0.39 is 0 Å². The summed E-state index contributed by atoms with van der Waals surface area (Å²) in [6.45, 7) is 6.43. The minimum Gasteiger partial charge on any atom is -0.399 e. The van der Waals surface area contributed by atoms with Gasteiger partial charge in [0.05, 0.1) is 4.88 Å². The topological polar surface area (TPSA) is 43.1 Å². The van der Waals surface area contributed by atoms with E-state index in [-0.39, 0.29) is 11.2 Å². The van der Waals surface area contributed by atoms with E-state index in [0.29, 0.717) is 11.3 Å². The third kappa shape index (κ3) is 3.07. The van der Waals surface area contributed by atoms with E-state index >= 15 is 0 Å². The highest BCUT2D eigenvalue weighted by molar-refractivity contribution is 9.10. The molecule has 1 heterocycles. The van der Waals surface area contributed by atoms with E-state index in [1.807, 2.05) is 12.1 Å². The standard InChI is InChI=1S/C15H16BrNOS/c1-15(2,3)13-7-6-12(19-13)14(18)10-8-9(17)4-5-11(10)16/h4-8H,17H2,1-3H3. The van der Waals surface area contributed by atoms with Gasteiger partial charge in [0.25, 0.3) is 0 Å². The van der Waals surface area contributed by atoms with Gasteiger partial charge in [0.1, 0.15) is 0 Å². The predicted octanol–water partition coefficient (Wildman–Crippen LogP) is 4.62. The second-order valence-electron chi connectivity index (χ2n) is 5.48. The number of nitrogens with two attached hydrogens (primary N) is 1. The summed E-state index contributed by atoms with van der Waals surface area (Å²) >= 11 is 4.95. The van der Waals surface area contributed by atoms with Crippen LogP contribution >= 0.6 is 27.3 Å². The zero-order valence-corrected chi connectivity index (χ0v) is 13.6. The molecule has 4 heteroatoms. The average molecular weight is 338 g/mol. The summed E-state index contributed by atoms with van der Waals surface area (Å²) < 4.78 is 0.775. The minimum absolute atomic E-state index is 0.0136. The van der Waals surface area contributed by atoms with Crippen LogP contribution in [0.15, 0.2) is 34.8 Å². The number of hydrogen-bond acceptors (Lipinski definition) is 3. The first-order valence-electron chi connectivity index (χ1n) is 5.99. The minimum atomic E-state index is 0.0136. The van der Waals surface area contributed by atoms with Crippen LogP contribution in [0.2, 0.25) is 0 Å². The van der Waals surface area contributed by atoms with E-state index in [2.05, 4.69) is 36.7 Å². The highest BCUT2D eigenvalue weighted by Crippen LogP contribution is 2.32. The number of nitrogen functional groups attached to an aromatic ring is 1. The monoisotopic (exact) mass is 337 g/mol. The molecule has 2 nitrogen and oxygen atoms in total. The summed E-state index contributed by atoms with van der Waals surface area (Å²) in [5.41, 5.74) is 7.02. The number of ketones is 1. The Labute approximate surface area is 125 Å². The number of anilines is 1. The molecule has 0 radical (unpaired) electrons. The average Bonchev–Trinajstić information content (AvgIpc) is 2.80. The molecule has 100 valence electrons. The molecule has 0 fully saturated rings. The Bertz CT molecular complexity index is 625. The number of carbonyl (C=O) groups is 1.